The molecule has 1 aromatic carbocycles. The van der Waals surface area contributed by atoms with Gasteiger partial charge in [-0.05, 0) is 24.3 Å². The van der Waals surface area contributed by atoms with Crippen LogP contribution in [0.1, 0.15) is 10.4 Å². The van der Waals surface area contributed by atoms with Crippen LogP contribution in [0, 0.1) is 0 Å². The number of methoxy groups -OCH3 is 1. The van der Waals surface area contributed by atoms with Gasteiger partial charge in [0.2, 0.25) is 0 Å². The van der Waals surface area contributed by atoms with Gasteiger partial charge in [0.25, 0.3) is 5.91 Å². The zero-order chi connectivity index (χ0) is 13.0. The van der Waals surface area contributed by atoms with Gasteiger partial charge in [0, 0.05) is 11.9 Å². The fourth-order valence-corrected chi connectivity index (χ4v) is 1.51. The van der Waals surface area contributed by atoms with Crippen molar-refractivity contribution in [2.24, 2.45) is 0 Å². The summed E-state index contributed by atoms with van der Waals surface area (Å²) >= 11 is 0. The summed E-state index contributed by atoms with van der Waals surface area (Å²) in [6.45, 7) is 0. The number of hydrogen-bond donors (Lipinski definition) is 2. The molecule has 0 aliphatic rings. The summed E-state index contributed by atoms with van der Waals surface area (Å²) in [6.07, 6.45) is 1.52. The Kier molecular flexibility index (Phi) is 3.38. The zero-order valence-corrected chi connectivity index (χ0v) is 9.75. The smallest absolute Gasteiger partial charge is 0.262 e. The number of nitrogens with one attached hydrogen (secondary N) is 1. The number of carbonyl (C=O) groups excluding carboxylic acids is 1. The predicted octanol–water partition coefficient (Wildman–Crippen LogP) is 1.32. The van der Waals surface area contributed by atoms with Gasteiger partial charge in [-0.2, -0.15) is 5.10 Å². The maximum absolute atomic E-state index is 12.1. The van der Waals surface area contributed by atoms with E-state index in [1.807, 2.05) is 0 Å². The normalized spacial score (nSPS) is 9.83. The van der Waals surface area contributed by atoms with Gasteiger partial charge in [0.1, 0.15) is 11.3 Å². The SMILES string of the molecule is COc1cccc(N)c1C(=O)Nc1cccnn1. The highest BCUT2D eigenvalue weighted by Gasteiger charge is 2.16. The summed E-state index contributed by atoms with van der Waals surface area (Å²) in [4.78, 5) is 12.1. The van der Waals surface area contributed by atoms with Crippen LogP contribution in [0.5, 0.6) is 5.75 Å². The van der Waals surface area contributed by atoms with Gasteiger partial charge in [-0.3, -0.25) is 4.79 Å². The Morgan fingerprint density at radius 1 is 1.33 bits per heavy atom. The Bertz CT molecular complexity index is 557. The number of hydrogen-bond acceptors (Lipinski definition) is 5. The molecule has 2 aromatic rings. The first-order valence-electron chi connectivity index (χ1n) is 5.24. The predicted molar refractivity (Wildman–Crippen MR) is 67.4 cm³/mol. The molecule has 0 bridgehead atoms. The molecule has 18 heavy (non-hydrogen) atoms. The first kappa shape index (κ1) is 11.8. The molecule has 1 heterocycles. The van der Waals surface area contributed by atoms with E-state index in [1.54, 1.807) is 30.3 Å². The van der Waals surface area contributed by atoms with E-state index in [2.05, 4.69) is 15.5 Å². The van der Waals surface area contributed by atoms with Crippen molar-refractivity contribution >= 4 is 17.4 Å². The molecule has 0 spiro atoms. The summed E-state index contributed by atoms with van der Waals surface area (Å²) in [5.41, 5.74) is 6.40. The monoisotopic (exact) mass is 244 g/mol. The average molecular weight is 244 g/mol. The number of benzene rings is 1. The molecule has 0 radical (unpaired) electrons. The number of nitrogens with zero attached hydrogens (tertiary/aromatic N) is 2. The Labute approximate surface area is 104 Å². The van der Waals surface area contributed by atoms with Crippen LogP contribution in [0.4, 0.5) is 11.5 Å². The highest BCUT2D eigenvalue weighted by Crippen LogP contribution is 2.24. The number of carbonyl (C=O) groups is 1. The Morgan fingerprint density at radius 2 is 2.17 bits per heavy atom. The third-order valence-electron chi connectivity index (χ3n) is 2.32. The molecule has 6 heteroatoms. The molecule has 6 nitrogen and oxygen atoms in total. The molecular formula is C12H12N4O2. The lowest BCUT2D eigenvalue weighted by Gasteiger charge is -2.10. The number of ether oxygens (including phenoxy) is 1. The van der Waals surface area contributed by atoms with Gasteiger partial charge in [0.05, 0.1) is 7.11 Å². The van der Waals surface area contributed by atoms with Crippen LogP contribution in [-0.4, -0.2) is 23.2 Å². The molecule has 0 aliphatic heterocycles. The lowest BCUT2D eigenvalue weighted by atomic mass is 10.1. The van der Waals surface area contributed by atoms with Crippen LogP contribution in [0.25, 0.3) is 0 Å². The van der Waals surface area contributed by atoms with Crippen LogP contribution in [0.3, 0.4) is 0 Å². The highest BCUT2D eigenvalue weighted by atomic mass is 16.5. The number of amides is 1. The fourth-order valence-electron chi connectivity index (χ4n) is 1.51. The van der Waals surface area contributed by atoms with E-state index in [9.17, 15) is 4.79 Å². The molecule has 1 amide bonds. The largest absolute Gasteiger partial charge is 0.496 e. The van der Waals surface area contributed by atoms with Crippen LogP contribution in [0.2, 0.25) is 0 Å². The van der Waals surface area contributed by atoms with E-state index in [0.29, 0.717) is 17.3 Å². The Morgan fingerprint density at radius 3 is 2.83 bits per heavy atom. The van der Waals surface area contributed by atoms with Crippen LogP contribution in [0.15, 0.2) is 36.5 Å². The number of aromatic nitrogens is 2. The molecule has 3 N–H and O–H groups in total. The molecule has 0 saturated carbocycles. The van der Waals surface area contributed by atoms with Gasteiger partial charge < -0.3 is 15.8 Å². The van der Waals surface area contributed by atoms with Crippen molar-refractivity contribution in [3.05, 3.63) is 42.1 Å². The van der Waals surface area contributed by atoms with E-state index in [-0.39, 0.29) is 11.5 Å². The minimum atomic E-state index is -0.384. The Hall–Kier alpha value is -2.63. The summed E-state index contributed by atoms with van der Waals surface area (Å²) in [6, 6.07) is 8.33. The second kappa shape index (κ2) is 5.13. The lowest BCUT2D eigenvalue weighted by molar-refractivity contribution is 0.102. The maximum Gasteiger partial charge on any atom is 0.262 e. The van der Waals surface area contributed by atoms with Gasteiger partial charge in [-0.25, -0.2) is 0 Å². The zero-order valence-electron chi connectivity index (χ0n) is 9.75. The van der Waals surface area contributed by atoms with Crippen LogP contribution in [-0.2, 0) is 0 Å². The molecule has 0 atom stereocenters. The van der Waals surface area contributed by atoms with Crippen molar-refractivity contribution in [3.63, 3.8) is 0 Å². The molecule has 1 aromatic heterocycles. The number of nitrogen functional groups attached to an aromatic ring is 1. The van der Waals surface area contributed by atoms with Gasteiger partial charge in [-0.15, -0.1) is 5.10 Å². The van der Waals surface area contributed by atoms with E-state index in [4.69, 9.17) is 10.5 Å². The van der Waals surface area contributed by atoms with E-state index < -0.39 is 0 Å². The quantitative estimate of drug-likeness (QED) is 0.795. The minimum absolute atomic E-state index is 0.283. The number of anilines is 2. The minimum Gasteiger partial charge on any atom is -0.496 e. The standard InChI is InChI=1S/C12H12N4O2/c1-18-9-5-2-4-8(13)11(9)12(17)15-10-6-3-7-14-16-10/h2-7H,13H2,1H3,(H,15,16,17). The molecular weight excluding hydrogens is 232 g/mol. The van der Waals surface area contributed by atoms with Crippen LogP contribution >= 0.6 is 0 Å². The molecule has 92 valence electrons. The van der Waals surface area contributed by atoms with Gasteiger partial charge in [-0.1, -0.05) is 6.07 Å². The summed E-state index contributed by atoms with van der Waals surface area (Å²) in [5.74, 6) is 0.384. The third-order valence-corrected chi connectivity index (χ3v) is 2.32. The lowest BCUT2D eigenvalue weighted by Crippen LogP contribution is -2.16. The highest BCUT2D eigenvalue weighted by molar-refractivity contribution is 6.09. The van der Waals surface area contributed by atoms with Crippen LogP contribution < -0.4 is 15.8 Å². The van der Waals surface area contributed by atoms with Crippen molar-refractivity contribution in [2.75, 3.05) is 18.2 Å². The summed E-state index contributed by atoms with van der Waals surface area (Å²) < 4.78 is 5.11. The van der Waals surface area contributed by atoms with E-state index in [1.165, 1.54) is 13.3 Å². The molecule has 0 aliphatic carbocycles. The first-order chi connectivity index (χ1) is 8.72. The number of nitrogens with two attached hydrogens (primary N) is 1. The van der Waals surface area contributed by atoms with Crippen molar-refractivity contribution in [2.45, 2.75) is 0 Å². The molecule has 2 rings (SSSR count). The van der Waals surface area contributed by atoms with Gasteiger partial charge >= 0.3 is 0 Å². The topological polar surface area (TPSA) is 90.1 Å². The van der Waals surface area contributed by atoms with Crippen molar-refractivity contribution in [1.82, 2.24) is 10.2 Å². The van der Waals surface area contributed by atoms with Crippen molar-refractivity contribution in [3.8, 4) is 5.75 Å². The second-order valence-corrected chi connectivity index (χ2v) is 3.49. The molecule has 0 saturated heterocycles. The third kappa shape index (κ3) is 2.37. The molecule has 0 fully saturated rings. The van der Waals surface area contributed by atoms with Gasteiger partial charge in [0.15, 0.2) is 5.82 Å². The van der Waals surface area contributed by atoms with Crippen molar-refractivity contribution in [1.29, 1.82) is 0 Å². The van der Waals surface area contributed by atoms with E-state index in [0.717, 1.165) is 0 Å². The summed E-state index contributed by atoms with van der Waals surface area (Å²) in [5, 5.41) is 10.0. The van der Waals surface area contributed by atoms with Crippen molar-refractivity contribution < 1.29 is 9.53 Å². The molecule has 0 unspecified atom stereocenters. The Balaban J connectivity index is 2.29. The second-order valence-electron chi connectivity index (χ2n) is 3.49. The number of rotatable bonds is 3. The first-order valence-corrected chi connectivity index (χ1v) is 5.24. The van der Waals surface area contributed by atoms with E-state index >= 15 is 0 Å². The fraction of sp³-hybridized carbons (Fsp3) is 0.0833. The maximum atomic E-state index is 12.1. The summed E-state index contributed by atoms with van der Waals surface area (Å²) in [7, 11) is 1.48. The average Bonchev–Trinajstić information content (AvgIpc) is 2.39.